The number of ether oxygens (including phenoxy) is 2. The van der Waals surface area contributed by atoms with Gasteiger partial charge in [-0.3, -0.25) is 0 Å². The van der Waals surface area contributed by atoms with Crippen LogP contribution in [0.3, 0.4) is 0 Å². The van der Waals surface area contributed by atoms with Crippen LogP contribution >= 0.6 is 22.6 Å². The number of rotatable bonds is 6. The lowest BCUT2D eigenvalue weighted by Gasteiger charge is -2.33. The number of benzene rings is 1. The van der Waals surface area contributed by atoms with Crippen molar-refractivity contribution in [3.63, 3.8) is 0 Å². The fourth-order valence-corrected chi connectivity index (χ4v) is 3.33. The Bertz CT molecular complexity index is 433. The second-order valence-electron chi connectivity index (χ2n) is 7.02. The highest BCUT2D eigenvalue weighted by Crippen LogP contribution is 2.37. The van der Waals surface area contributed by atoms with E-state index in [4.69, 9.17) is 9.47 Å². The molecule has 1 aromatic rings. The van der Waals surface area contributed by atoms with Gasteiger partial charge in [-0.25, -0.2) is 0 Å². The summed E-state index contributed by atoms with van der Waals surface area (Å²) in [4.78, 5) is 0. The summed E-state index contributed by atoms with van der Waals surface area (Å²) in [6.07, 6.45) is 1.15. The van der Waals surface area contributed by atoms with Crippen molar-refractivity contribution in [1.29, 1.82) is 0 Å². The molecule has 0 aliphatic rings. The molecule has 0 aliphatic carbocycles. The van der Waals surface area contributed by atoms with Gasteiger partial charge >= 0.3 is 0 Å². The molecular formula is C17H27IO2. The molecule has 0 atom stereocenters. The first-order chi connectivity index (χ1) is 9.15. The van der Waals surface area contributed by atoms with E-state index in [-0.39, 0.29) is 5.41 Å². The summed E-state index contributed by atoms with van der Waals surface area (Å²) in [5.41, 5.74) is 1.84. The highest BCUT2D eigenvalue weighted by Gasteiger charge is 2.27. The molecule has 20 heavy (non-hydrogen) atoms. The van der Waals surface area contributed by atoms with Crippen LogP contribution in [0.1, 0.15) is 53.5 Å². The SMILES string of the molecule is CCOCOc1ccc(C(C)(C)CC(C)(C)C)cc1I. The number of halogens is 1. The first-order valence-corrected chi connectivity index (χ1v) is 8.24. The fraction of sp³-hybridized carbons (Fsp3) is 0.647. The lowest BCUT2D eigenvalue weighted by atomic mass is 9.72. The zero-order valence-corrected chi connectivity index (χ0v) is 15.7. The van der Waals surface area contributed by atoms with Crippen LogP contribution in [0.4, 0.5) is 0 Å². The fourth-order valence-electron chi connectivity index (χ4n) is 2.66. The predicted molar refractivity (Wildman–Crippen MR) is 93.4 cm³/mol. The molecule has 0 saturated heterocycles. The van der Waals surface area contributed by atoms with Gasteiger partial charge in [0.15, 0.2) is 6.79 Å². The monoisotopic (exact) mass is 390 g/mol. The van der Waals surface area contributed by atoms with Crippen molar-refractivity contribution in [3.8, 4) is 5.75 Å². The molecule has 0 spiro atoms. The molecule has 0 heterocycles. The molecule has 0 unspecified atom stereocenters. The van der Waals surface area contributed by atoms with Crippen molar-refractivity contribution in [2.75, 3.05) is 13.4 Å². The van der Waals surface area contributed by atoms with Gasteiger partial charge in [-0.15, -0.1) is 0 Å². The zero-order valence-electron chi connectivity index (χ0n) is 13.5. The zero-order chi connectivity index (χ0) is 15.4. The molecule has 0 aliphatic heterocycles. The van der Waals surface area contributed by atoms with Crippen molar-refractivity contribution in [1.82, 2.24) is 0 Å². The molecule has 1 aromatic carbocycles. The molecule has 0 bridgehead atoms. The first-order valence-electron chi connectivity index (χ1n) is 7.16. The molecular weight excluding hydrogens is 363 g/mol. The van der Waals surface area contributed by atoms with Gasteiger partial charge in [0.2, 0.25) is 0 Å². The van der Waals surface area contributed by atoms with Gasteiger partial charge in [0.1, 0.15) is 5.75 Å². The summed E-state index contributed by atoms with van der Waals surface area (Å²) in [6.45, 7) is 14.4. The Kier molecular flexibility index (Phi) is 6.32. The highest BCUT2D eigenvalue weighted by molar-refractivity contribution is 14.1. The van der Waals surface area contributed by atoms with Crippen LogP contribution in [0.5, 0.6) is 5.75 Å². The average molecular weight is 390 g/mol. The molecule has 2 nitrogen and oxygen atoms in total. The smallest absolute Gasteiger partial charge is 0.189 e. The summed E-state index contributed by atoms with van der Waals surface area (Å²) >= 11 is 2.33. The number of hydrogen-bond acceptors (Lipinski definition) is 2. The quantitative estimate of drug-likeness (QED) is 0.369. The van der Waals surface area contributed by atoms with E-state index in [1.54, 1.807) is 0 Å². The second-order valence-corrected chi connectivity index (χ2v) is 8.18. The molecule has 1 rings (SSSR count). The third kappa shape index (κ3) is 5.60. The van der Waals surface area contributed by atoms with Gasteiger partial charge in [-0.05, 0) is 64.5 Å². The van der Waals surface area contributed by atoms with Crippen LogP contribution in [-0.2, 0) is 10.2 Å². The molecule has 3 heteroatoms. The summed E-state index contributed by atoms with van der Waals surface area (Å²) in [5.74, 6) is 0.898. The van der Waals surface area contributed by atoms with E-state index in [9.17, 15) is 0 Å². The van der Waals surface area contributed by atoms with Crippen LogP contribution in [0.25, 0.3) is 0 Å². The van der Waals surface area contributed by atoms with Gasteiger partial charge in [0, 0.05) is 6.61 Å². The van der Waals surface area contributed by atoms with Crippen molar-refractivity contribution in [3.05, 3.63) is 27.3 Å². The maximum absolute atomic E-state index is 5.62. The predicted octanol–water partition coefficient (Wildman–Crippen LogP) is 5.38. The Labute approximate surface area is 137 Å². The molecule has 114 valence electrons. The highest BCUT2D eigenvalue weighted by atomic mass is 127. The van der Waals surface area contributed by atoms with Crippen molar-refractivity contribution in [2.24, 2.45) is 5.41 Å². The Morgan fingerprint density at radius 2 is 1.75 bits per heavy atom. The normalized spacial score (nSPS) is 12.6. The van der Waals surface area contributed by atoms with Gasteiger partial charge in [-0.1, -0.05) is 40.7 Å². The van der Waals surface area contributed by atoms with Crippen molar-refractivity contribution < 1.29 is 9.47 Å². The summed E-state index contributed by atoms with van der Waals surface area (Å²) in [7, 11) is 0. The van der Waals surface area contributed by atoms with E-state index in [2.05, 4.69) is 75.4 Å². The Morgan fingerprint density at radius 1 is 1.10 bits per heavy atom. The third-order valence-corrected chi connectivity index (χ3v) is 4.03. The summed E-state index contributed by atoms with van der Waals surface area (Å²) < 4.78 is 12.0. The largest absolute Gasteiger partial charge is 0.466 e. The Morgan fingerprint density at radius 3 is 2.25 bits per heavy atom. The lowest BCUT2D eigenvalue weighted by Crippen LogP contribution is -2.24. The van der Waals surface area contributed by atoms with Gasteiger partial charge < -0.3 is 9.47 Å². The lowest BCUT2D eigenvalue weighted by molar-refractivity contribution is 0.0219. The minimum Gasteiger partial charge on any atom is -0.466 e. The molecule has 0 aromatic heterocycles. The van der Waals surface area contributed by atoms with E-state index in [1.807, 2.05) is 6.92 Å². The van der Waals surface area contributed by atoms with Crippen LogP contribution in [0.15, 0.2) is 18.2 Å². The topological polar surface area (TPSA) is 18.5 Å². The van der Waals surface area contributed by atoms with Crippen molar-refractivity contribution >= 4 is 22.6 Å². The summed E-state index contributed by atoms with van der Waals surface area (Å²) in [5, 5.41) is 0. The molecule has 0 radical (unpaired) electrons. The minimum atomic E-state index is 0.163. The van der Waals surface area contributed by atoms with Gasteiger partial charge in [-0.2, -0.15) is 0 Å². The average Bonchev–Trinajstić information content (AvgIpc) is 2.28. The summed E-state index contributed by atoms with van der Waals surface area (Å²) in [6, 6.07) is 6.46. The molecule has 0 N–H and O–H groups in total. The maximum atomic E-state index is 5.62. The van der Waals surface area contributed by atoms with E-state index in [1.165, 1.54) is 5.56 Å². The van der Waals surface area contributed by atoms with Gasteiger partial charge in [0.25, 0.3) is 0 Å². The molecule has 0 fully saturated rings. The second kappa shape index (κ2) is 7.12. The maximum Gasteiger partial charge on any atom is 0.189 e. The number of hydrogen-bond donors (Lipinski definition) is 0. The first kappa shape index (κ1) is 17.8. The van der Waals surface area contributed by atoms with E-state index >= 15 is 0 Å². The van der Waals surface area contributed by atoms with Crippen LogP contribution in [0.2, 0.25) is 0 Å². The van der Waals surface area contributed by atoms with E-state index in [0.717, 1.165) is 15.7 Å². The Hall–Kier alpha value is -0.290. The van der Waals surface area contributed by atoms with Crippen molar-refractivity contribution in [2.45, 2.75) is 53.4 Å². The van der Waals surface area contributed by atoms with Gasteiger partial charge in [0.05, 0.1) is 3.57 Å². The minimum absolute atomic E-state index is 0.163. The Balaban J connectivity index is 2.85. The van der Waals surface area contributed by atoms with Crippen LogP contribution < -0.4 is 4.74 Å². The molecule has 0 amide bonds. The van der Waals surface area contributed by atoms with E-state index in [0.29, 0.717) is 18.8 Å². The van der Waals surface area contributed by atoms with E-state index < -0.39 is 0 Å². The van der Waals surface area contributed by atoms with Crippen LogP contribution in [-0.4, -0.2) is 13.4 Å². The molecule has 0 saturated carbocycles. The van der Waals surface area contributed by atoms with Crippen LogP contribution in [0, 0.1) is 8.99 Å². The standard InChI is InChI=1S/C17H27IO2/c1-7-19-12-20-15-9-8-13(10-14(15)18)17(5,6)11-16(2,3)4/h8-10H,7,11-12H2,1-6H3. The third-order valence-electron chi connectivity index (χ3n) is 3.19.